The van der Waals surface area contributed by atoms with Crippen LogP contribution in [0.5, 0.6) is 5.75 Å². The number of hydrogen-bond acceptors (Lipinski definition) is 2. The summed E-state index contributed by atoms with van der Waals surface area (Å²) in [6.45, 7) is 2.67. The minimum absolute atomic E-state index is 0.0828. The van der Waals surface area contributed by atoms with E-state index in [0.29, 0.717) is 6.54 Å². The molecule has 0 radical (unpaired) electrons. The second kappa shape index (κ2) is 7.90. The lowest BCUT2D eigenvalue weighted by Gasteiger charge is -2.38. The molecular weight excluding hydrogens is 406 g/mol. The quantitative estimate of drug-likeness (QED) is 0.492. The van der Waals surface area contributed by atoms with Crippen LogP contribution in [0, 0.1) is 6.92 Å². The monoisotopic (exact) mass is 429 g/mol. The molecule has 0 spiro atoms. The fourth-order valence-electron chi connectivity index (χ4n) is 4.93. The molecule has 5 rings (SSSR count). The van der Waals surface area contributed by atoms with Crippen molar-refractivity contribution in [3.05, 3.63) is 105 Å². The predicted molar refractivity (Wildman–Crippen MR) is 125 cm³/mol. The van der Waals surface area contributed by atoms with Crippen LogP contribution in [-0.2, 0) is 6.42 Å². The highest BCUT2D eigenvalue weighted by Crippen LogP contribution is 2.47. The van der Waals surface area contributed by atoms with Crippen molar-refractivity contribution in [1.82, 2.24) is 4.90 Å². The van der Waals surface area contributed by atoms with E-state index in [9.17, 15) is 4.79 Å². The number of hydrogen-bond donors (Lipinski definition) is 0. The Morgan fingerprint density at radius 1 is 1.06 bits per heavy atom. The summed E-state index contributed by atoms with van der Waals surface area (Å²) < 4.78 is 5.36. The largest absolute Gasteiger partial charge is 0.497 e. The van der Waals surface area contributed by atoms with Gasteiger partial charge in [0.2, 0.25) is 0 Å². The molecule has 3 aromatic carbocycles. The first-order chi connectivity index (χ1) is 15.1. The van der Waals surface area contributed by atoms with E-state index in [1.54, 1.807) is 7.11 Å². The SMILES string of the molecule is COc1ccc(C2C3=C(CCN2C(=O)c2ccccc2C)c2cc(Cl)ccc2C3)cc1. The molecule has 1 unspecified atom stereocenters. The zero-order valence-corrected chi connectivity index (χ0v) is 18.4. The summed E-state index contributed by atoms with van der Waals surface area (Å²) in [7, 11) is 1.67. The lowest BCUT2D eigenvalue weighted by Crippen LogP contribution is -2.39. The minimum Gasteiger partial charge on any atom is -0.497 e. The van der Waals surface area contributed by atoms with E-state index in [4.69, 9.17) is 16.3 Å². The van der Waals surface area contributed by atoms with Gasteiger partial charge in [-0.3, -0.25) is 4.79 Å². The van der Waals surface area contributed by atoms with Gasteiger partial charge in [-0.25, -0.2) is 0 Å². The van der Waals surface area contributed by atoms with Gasteiger partial charge in [0.25, 0.3) is 5.91 Å². The number of amides is 1. The molecule has 3 nitrogen and oxygen atoms in total. The summed E-state index contributed by atoms with van der Waals surface area (Å²) in [6, 6.07) is 22.0. The Bertz CT molecular complexity index is 1200. The topological polar surface area (TPSA) is 29.5 Å². The molecule has 0 saturated heterocycles. The van der Waals surface area contributed by atoms with Crippen molar-refractivity contribution in [1.29, 1.82) is 0 Å². The van der Waals surface area contributed by atoms with E-state index in [1.165, 1.54) is 22.3 Å². The van der Waals surface area contributed by atoms with Crippen LogP contribution in [0.15, 0.2) is 72.3 Å². The fraction of sp³-hybridized carbons (Fsp3) is 0.222. The van der Waals surface area contributed by atoms with Gasteiger partial charge in [-0.15, -0.1) is 0 Å². The molecule has 1 aliphatic carbocycles. The molecule has 0 fully saturated rings. The molecule has 3 aromatic rings. The lowest BCUT2D eigenvalue weighted by molar-refractivity contribution is 0.0697. The van der Waals surface area contributed by atoms with E-state index in [0.717, 1.165) is 40.3 Å². The normalized spacial score (nSPS) is 17.4. The molecule has 0 saturated carbocycles. The van der Waals surface area contributed by atoms with Crippen LogP contribution >= 0.6 is 11.6 Å². The van der Waals surface area contributed by atoms with E-state index >= 15 is 0 Å². The second-order valence-electron chi connectivity index (χ2n) is 8.22. The first kappa shape index (κ1) is 19.9. The van der Waals surface area contributed by atoms with Crippen molar-refractivity contribution in [3.8, 4) is 5.75 Å². The molecule has 1 aliphatic heterocycles. The maximum atomic E-state index is 13.7. The zero-order valence-electron chi connectivity index (χ0n) is 17.7. The van der Waals surface area contributed by atoms with Gasteiger partial charge >= 0.3 is 0 Å². The Labute approximate surface area is 187 Å². The van der Waals surface area contributed by atoms with Crippen molar-refractivity contribution in [2.75, 3.05) is 13.7 Å². The van der Waals surface area contributed by atoms with Gasteiger partial charge in [-0.1, -0.05) is 48.0 Å². The number of halogens is 1. The second-order valence-corrected chi connectivity index (χ2v) is 8.66. The van der Waals surface area contributed by atoms with Crippen molar-refractivity contribution in [2.24, 2.45) is 0 Å². The Balaban J connectivity index is 1.62. The Morgan fingerprint density at radius 2 is 1.84 bits per heavy atom. The van der Waals surface area contributed by atoms with Crippen LogP contribution in [0.25, 0.3) is 5.57 Å². The number of ether oxygens (including phenoxy) is 1. The van der Waals surface area contributed by atoms with Crippen LogP contribution in [0.1, 0.15) is 45.1 Å². The predicted octanol–water partition coefficient (Wildman–Crippen LogP) is 6.25. The molecule has 1 atom stereocenters. The fourth-order valence-corrected chi connectivity index (χ4v) is 5.10. The smallest absolute Gasteiger partial charge is 0.254 e. The van der Waals surface area contributed by atoms with Crippen molar-refractivity contribution < 1.29 is 9.53 Å². The maximum Gasteiger partial charge on any atom is 0.254 e. The third-order valence-electron chi connectivity index (χ3n) is 6.48. The van der Waals surface area contributed by atoms with Crippen LogP contribution in [0.2, 0.25) is 5.02 Å². The van der Waals surface area contributed by atoms with Crippen LogP contribution < -0.4 is 4.74 Å². The minimum atomic E-state index is -0.104. The number of benzene rings is 3. The van der Waals surface area contributed by atoms with Crippen molar-refractivity contribution in [2.45, 2.75) is 25.8 Å². The molecule has 156 valence electrons. The standard InChI is InChI=1S/C27H24ClNO2/c1-17-5-3-4-6-22(17)27(30)29-14-13-23-24-16-20(28)10-7-19(24)15-25(23)26(29)18-8-11-21(31-2)12-9-18/h3-12,16,26H,13-15H2,1-2H3. The van der Waals surface area contributed by atoms with Crippen molar-refractivity contribution in [3.63, 3.8) is 0 Å². The molecule has 1 amide bonds. The van der Waals surface area contributed by atoms with Gasteiger partial charge in [-0.2, -0.15) is 0 Å². The van der Waals surface area contributed by atoms with Gasteiger partial charge < -0.3 is 9.64 Å². The average Bonchev–Trinajstić information content (AvgIpc) is 3.16. The van der Waals surface area contributed by atoms with Gasteiger partial charge in [0.1, 0.15) is 5.75 Å². The summed E-state index contributed by atoms with van der Waals surface area (Å²) >= 11 is 6.32. The third-order valence-corrected chi connectivity index (χ3v) is 6.71. The van der Waals surface area contributed by atoms with Crippen LogP contribution in [-0.4, -0.2) is 24.5 Å². The Kier molecular flexibility index (Phi) is 5.07. The Morgan fingerprint density at radius 3 is 2.58 bits per heavy atom. The molecule has 1 heterocycles. The van der Waals surface area contributed by atoms with E-state index < -0.39 is 0 Å². The van der Waals surface area contributed by atoms with Crippen LogP contribution in [0.4, 0.5) is 0 Å². The third kappa shape index (κ3) is 3.43. The van der Waals surface area contributed by atoms with Gasteiger partial charge in [0.15, 0.2) is 0 Å². The molecule has 2 aliphatic rings. The van der Waals surface area contributed by atoms with Gasteiger partial charge in [0, 0.05) is 17.1 Å². The number of rotatable bonds is 3. The molecule has 0 aromatic heterocycles. The Hall–Kier alpha value is -3.04. The summed E-state index contributed by atoms with van der Waals surface area (Å²) in [6.07, 6.45) is 1.68. The first-order valence-corrected chi connectivity index (χ1v) is 11.0. The van der Waals surface area contributed by atoms with E-state index in [-0.39, 0.29) is 11.9 Å². The number of methoxy groups -OCH3 is 1. The maximum absolute atomic E-state index is 13.7. The number of nitrogens with zero attached hydrogens (tertiary/aromatic N) is 1. The van der Waals surface area contributed by atoms with Gasteiger partial charge in [-0.05, 0) is 83.5 Å². The van der Waals surface area contributed by atoms with Gasteiger partial charge in [0.05, 0.1) is 13.2 Å². The number of carbonyl (C=O) groups is 1. The summed E-state index contributed by atoms with van der Waals surface area (Å²) in [5, 5.41) is 0.756. The van der Waals surface area contributed by atoms with Crippen molar-refractivity contribution >= 4 is 23.1 Å². The molecule has 0 N–H and O–H groups in total. The summed E-state index contributed by atoms with van der Waals surface area (Å²) in [4.78, 5) is 15.7. The van der Waals surface area contributed by atoms with E-state index in [2.05, 4.69) is 24.3 Å². The highest BCUT2D eigenvalue weighted by molar-refractivity contribution is 6.30. The number of aryl methyl sites for hydroxylation is 1. The molecule has 31 heavy (non-hydrogen) atoms. The zero-order chi connectivity index (χ0) is 21.5. The highest BCUT2D eigenvalue weighted by atomic mass is 35.5. The molecule has 0 bridgehead atoms. The van der Waals surface area contributed by atoms with E-state index in [1.807, 2.05) is 54.3 Å². The first-order valence-electron chi connectivity index (χ1n) is 10.6. The molecule has 4 heteroatoms. The average molecular weight is 430 g/mol. The van der Waals surface area contributed by atoms with Crippen LogP contribution in [0.3, 0.4) is 0 Å². The summed E-state index contributed by atoms with van der Waals surface area (Å²) in [5.41, 5.74) is 8.05. The lowest BCUT2D eigenvalue weighted by atomic mass is 9.87. The summed E-state index contributed by atoms with van der Waals surface area (Å²) in [5.74, 6) is 0.895. The molecular formula is C27H24ClNO2. The highest BCUT2D eigenvalue weighted by Gasteiger charge is 2.38. The number of carbonyl (C=O) groups excluding carboxylic acids is 1. The number of fused-ring (bicyclic) bond motifs is 2.